The molecule has 3 aromatic carbocycles. The first kappa shape index (κ1) is 18.3. The molecule has 0 radical (unpaired) electrons. The van der Waals surface area contributed by atoms with Gasteiger partial charge in [-0.1, -0.05) is 54.1 Å². The lowest BCUT2D eigenvalue weighted by atomic mass is 10.0. The fraction of sp³-hybridized carbons (Fsp3) is 0.130. The lowest BCUT2D eigenvalue weighted by molar-refractivity contribution is -0.117. The average Bonchev–Trinajstić information content (AvgIpc) is 3.16. The molecule has 0 spiro atoms. The van der Waals surface area contributed by atoms with E-state index in [0.29, 0.717) is 29.2 Å². The highest BCUT2D eigenvalue weighted by Gasteiger charge is 2.22. The Kier molecular flexibility index (Phi) is 5.13. The van der Waals surface area contributed by atoms with E-state index >= 15 is 0 Å². The molecule has 0 saturated carbocycles. The maximum absolute atomic E-state index is 12.7. The second-order valence-electron chi connectivity index (χ2n) is 6.71. The maximum Gasteiger partial charge on any atom is 0.255 e. The number of hydrogen-bond acceptors (Lipinski definition) is 2. The highest BCUT2D eigenvalue weighted by atomic mass is 35.5. The second-order valence-corrected chi connectivity index (χ2v) is 7.12. The molecular weight excluding hydrogens is 372 g/mol. The Morgan fingerprint density at radius 1 is 0.929 bits per heavy atom. The van der Waals surface area contributed by atoms with Gasteiger partial charge in [-0.25, -0.2) is 0 Å². The van der Waals surface area contributed by atoms with Gasteiger partial charge in [-0.05, 0) is 47.9 Å². The third-order valence-electron chi connectivity index (χ3n) is 4.84. The normalized spacial score (nSPS) is 13.6. The van der Waals surface area contributed by atoms with E-state index in [1.807, 2.05) is 42.5 Å². The first-order chi connectivity index (χ1) is 13.6. The minimum absolute atomic E-state index is 0.0936. The minimum atomic E-state index is -0.244. The third kappa shape index (κ3) is 3.78. The van der Waals surface area contributed by atoms with Crippen molar-refractivity contribution in [2.75, 3.05) is 16.8 Å². The number of nitrogens with one attached hydrogen (secondary N) is 1. The molecule has 1 saturated heterocycles. The van der Waals surface area contributed by atoms with E-state index in [-0.39, 0.29) is 11.8 Å². The molecule has 1 aliphatic rings. The summed E-state index contributed by atoms with van der Waals surface area (Å²) in [6.45, 7) is 0.689. The van der Waals surface area contributed by atoms with Crippen LogP contribution in [0.1, 0.15) is 23.2 Å². The van der Waals surface area contributed by atoms with Crippen molar-refractivity contribution in [1.29, 1.82) is 0 Å². The number of halogens is 1. The van der Waals surface area contributed by atoms with Crippen LogP contribution in [0.15, 0.2) is 72.8 Å². The quantitative estimate of drug-likeness (QED) is 0.649. The van der Waals surface area contributed by atoms with Gasteiger partial charge in [-0.3, -0.25) is 9.59 Å². The largest absolute Gasteiger partial charge is 0.321 e. The van der Waals surface area contributed by atoms with Gasteiger partial charge in [0.15, 0.2) is 0 Å². The molecule has 1 heterocycles. The number of nitrogens with zero attached hydrogens (tertiary/aromatic N) is 1. The average molecular weight is 391 g/mol. The second kappa shape index (κ2) is 7.87. The molecule has 0 bridgehead atoms. The number of benzene rings is 3. The summed E-state index contributed by atoms with van der Waals surface area (Å²) < 4.78 is 0. The zero-order chi connectivity index (χ0) is 19.5. The van der Waals surface area contributed by atoms with Crippen LogP contribution in [0.25, 0.3) is 11.1 Å². The van der Waals surface area contributed by atoms with E-state index in [2.05, 4.69) is 5.32 Å². The van der Waals surface area contributed by atoms with E-state index in [1.165, 1.54) is 0 Å². The van der Waals surface area contributed by atoms with Crippen LogP contribution in [0.2, 0.25) is 5.02 Å². The standard InChI is InChI=1S/C23H19ClN2O2/c24-20-13-12-19(26-14-4-7-22(26)27)15-21(20)25-23(28)18-10-8-17(9-11-18)16-5-2-1-3-6-16/h1-3,5-6,8-13,15H,4,7,14H2,(H,25,28). The van der Waals surface area contributed by atoms with E-state index in [9.17, 15) is 9.59 Å². The van der Waals surface area contributed by atoms with Crippen molar-refractivity contribution in [3.05, 3.63) is 83.4 Å². The van der Waals surface area contributed by atoms with Crippen LogP contribution < -0.4 is 10.2 Å². The molecule has 0 atom stereocenters. The predicted octanol–water partition coefficient (Wildman–Crippen LogP) is 5.39. The van der Waals surface area contributed by atoms with Gasteiger partial charge >= 0.3 is 0 Å². The Morgan fingerprint density at radius 2 is 1.64 bits per heavy atom. The summed E-state index contributed by atoms with van der Waals surface area (Å²) in [5.74, 6) is -0.150. The molecule has 5 heteroatoms. The number of hydrogen-bond donors (Lipinski definition) is 1. The molecule has 1 N–H and O–H groups in total. The zero-order valence-electron chi connectivity index (χ0n) is 15.2. The van der Waals surface area contributed by atoms with Crippen molar-refractivity contribution in [3.63, 3.8) is 0 Å². The highest BCUT2D eigenvalue weighted by molar-refractivity contribution is 6.34. The van der Waals surface area contributed by atoms with Gasteiger partial charge < -0.3 is 10.2 Å². The van der Waals surface area contributed by atoms with Gasteiger partial charge in [-0.15, -0.1) is 0 Å². The van der Waals surface area contributed by atoms with Gasteiger partial charge in [0, 0.05) is 24.2 Å². The summed E-state index contributed by atoms with van der Waals surface area (Å²) in [6, 6.07) is 22.7. The maximum atomic E-state index is 12.7. The molecular formula is C23H19ClN2O2. The Balaban J connectivity index is 1.52. The van der Waals surface area contributed by atoms with Crippen molar-refractivity contribution in [1.82, 2.24) is 0 Å². The number of amides is 2. The lowest BCUT2D eigenvalue weighted by Gasteiger charge is -2.17. The summed E-state index contributed by atoms with van der Waals surface area (Å²) in [5.41, 5.74) is 3.93. The van der Waals surface area contributed by atoms with Crippen molar-refractivity contribution >= 4 is 34.8 Å². The van der Waals surface area contributed by atoms with E-state index in [0.717, 1.165) is 23.2 Å². The molecule has 140 valence electrons. The fourth-order valence-corrected chi connectivity index (χ4v) is 3.50. The molecule has 2 amide bonds. The fourth-order valence-electron chi connectivity index (χ4n) is 3.34. The summed E-state index contributed by atoms with van der Waals surface area (Å²) in [4.78, 5) is 26.4. The zero-order valence-corrected chi connectivity index (χ0v) is 15.9. The van der Waals surface area contributed by atoms with Gasteiger partial charge in [0.25, 0.3) is 5.91 Å². The number of anilines is 2. The number of carbonyl (C=O) groups excluding carboxylic acids is 2. The van der Waals surface area contributed by atoms with Gasteiger partial charge in [0.2, 0.25) is 5.91 Å². The van der Waals surface area contributed by atoms with Crippen LogP contribution in [0.3, 0.4) is 0 Å². The summed E-state index contributed by atoms with van der Waals surface area (Å²) >= 11 is 6.26. The Morgan fingerprint density at radius 3 is 2.32 bits per heavy atom. The van der Waals surface area contributed by atoms with Crippen LogP contribution in [0.4, 0.5) is 11.4 Å². The molecule has 1 aliphatic heterocycles. The topological polar surface area (TPSA) is 49.4 Å². The van der Waals surface area contributed by atoms with Crippen molar-refractivity contribution in [3.8, 4) is 11.1 Å². The SMILES string of the molecule is O=C(Nc1cc(N2CCCC2=O)ccc1Cl)c1ccc(-c2ccccc2)cc1. The summed E-state index contributed by atoms with van der Waals surface area (Å²) in [7, 11) is 0. The van der Waals surface area contributed by atoms with E-state index < -0.39 is 0 Å². The van der Waals surface area contributed by atoms with E-state index in [1.54, 1.807) is 35.2 Å². The van der Waals surface area contributed by atoms with E-state index in [4.69, 9.17) is 11.6 Å². The third-order valence-corrected chi connectivity index (χ3v) is 5.17. The monoisotopic (exact) mass is 390 g/mol. The molecule has 0 aliphatic carbocycles. The number of carbonyl (C=O) groups is 2. The summed E-state index contributed by atoms with van der Waals surface area (Å²) in [5, 5.41) is 3.29. The molecule has 0 aromatic heterocycles. The van der Waals surface area contributed by atoms with Crippen LogP contribution in [0.5, 0.6) is 0 Å². The van der Waals surface area contributed by atoms with Crippen LogP contribution in [-0.4, -0.2) is 18.4 Å². The molecule has 1 fully saturated rings. The van der Waals surface area contributed by atoms with Crippen molar-refractivity contribution < 1.29 is 9.59 Å². The molecule has 4 nitrogen and oxygen atoms in total. The summed E-state index contributed by atoms with van der Waals surface area (Å²) in [6.07, 6.45) is 1.40. The molecule has 4 rings (SSSR count). The minimum Gasteiger partial charge on any atom is -0.321 e. The smallest absolute Gasteiger partial charge is 0.255 e. The van der Waals surface area contributed by atoms with Crippen LogP contribution in [-0.2, 0) is 4.79 Å². The molecule has 3 aromatic rings. The van der Waals surface area contributed by atoms with Gasteiger partial charge in [0.05, 0.1) is 10.7 Å². The Bertz CT molecular complexity index is 1020. The molecule has 28 heavy (non-hydrogen) atoms. The van der Waals surface area contributed by atoms with Gasteiger partial charge in [0.1, 0.15) is 0 Å². The van der Waals surface area contributed by atoms with Crippen LogP contribution in [0, 0.1) is 0 Å². The van der Waals surface area contributed by atoms with Gasteiger partial charge in [-0.2, -0.15) is 0 Å². The Labute approximate surface area is 168 Å². The van der Waals surface area contributed by atoms with Crippen LogP contribution >= 0.6 is 11.6 Å². The lowest BCUT2D eigenvalue weighted by Crippen LogP contribution is -2.23. The first-order valence-electron chi connectivity index (χ1n) is 9.18. The highest BCUT2D eigenvalue weighted by Crippen LogP contribution is 2.30. The predicted molar refractivity (Wildman–Crippen MR) is 113 cm³/mol. The van der Waals surface area contributed by atoms with Crippen molar-refractivity contribution in [2.24, 2.45) is 0 Å². The molecule has 0 unspecified atom stereocenters. The Hall–Kier alpha value is -3.11. The first-order valence-corrected chi connectivity index (χ1v) is 9.56. The van der Waals surface area contributed by atoms with Crippen molar-refractivity contribution in [2.45, 2.75) is 12.8 Å². The number of rotatable bonds is 4.